The fraction of sp³-hybridized carbons (Fsp3) is 0.0870. The number of aromatic nitrogens is 1. The van der Waals surface area contributed by atoms with Crippen LogP contribution >= 0.6 is 11.8 Å². The molecule has 0 radical (unpaired) electrons. The van der Waals surface area contributed by atoms with E-state index in [0.717, 1.165) is 16.8 Å². The van der Waals surface area contributed by atoms with Crippen LogP contribution in [0.5, 0.6) is 0 Å². The molecule has 1 N–H and O–H groups in total. The summed E-state index contributed by atoms with van der Waals surface area (Å²) in [4.78, 5) is 28.0. The van der Waals surface area contributed by atoms with Crippen molar-refractivity contribution in [3.05, 3.63) is 88.6 Å². The smallest absolute Gasteiger partial charge is 0.550 e. The van der Waals surface area contributed by atoms with Crippen molar-refractivity contribution < 1.29 is 44.3 Å². The van der Waals surface area contributed by atoms with Gasteiger partial charge < -0.3 is 19.8 Å². The van der Waals surface area contributed by atoms with Crippen LogP contribution in [0.15, 0.2) is 76.9 Å². The van der Waals surface area contributed by atoms with Crippen LogP contribution in [0.3, 0.4) is 0 Å². The Morgan fingerprint density at radius 1 is 1.16 bits per heavy atom. The van der Waals surface area contributed by atoms with E-state index in [2.05, 4.69) is 10.3 Å². The van der Waals surface area contributed by atoms with Gasteiger partial charge in [-0.05, 0) is 77.9 Å². The zero-order chi connectivity index (χ0) is 21.1. The summed E-state index contributed by atoms with van der Waals surface area (Å²) in [5.41, 5.74) is 4.41. The van der Waals surface area contributed by atoms with Gasteiger partial charge >= 0.3 is 29.6 Å². The van der Waals surface area contributed by atoms with E-state index >= 15 is 0 Å². The van der Waals surface area contributed by atoms with Gasteiger partial charge in [-0.1, -0.05) is 18.2 Å². The molecule has 8 heteroatoms. The standard InChI is InChI=1S/C23H19N3O3S.Na/c1-15-12-17(6-9-19(15)26-10-2-3-11-26)13-20-22(29)25-23(30-20)24-18-7-4-16(5-8-18)14-21(27)28;/h2-13H,14H2,1H3,(H,27,28)(H,24,25,29);/q;+1/p-1. The van der Waals surface area contributed by atoms with Crippen LogP contribution in [0.2, 0.25) is 0 Å². The van der Waals surface area contributed by atoms with Gasteiger partial charge in [0.05, 0.1) is 10.6 Å². The van der Waals surface area contributed by atoms with E-state index in [-0.39, 0.29) is 41.9 Å². The molecule has 1 aliphatic heterocycles. The average molecular weight is 439 g/mol. The third-order valence-electron chi connectivity index (χ3n) is 4.57. The van der Waals surface area contributed by atoms with Crippen LogP contribution < -0.4 is 40.0 Å². The van der Waals surface area contributed by atoms with Gasteiger partial charge in [0.15, 0.2) is 5.17 Å². The summed E-state index contributed by atoms with van der Waals surface area (Å²) in [7, 11) is 0. The molecule has 0 atom stereocenters. The molecule has 3 aromatic rings. The first kappa shape index (κ1) is 23.1. The molecule has 1 fully saturated rings. The van der Waals surface area contributed by atoms with Crippen LogP contribution in [0.4, 0.5) is 5.69 Å². The zero-order valence-electron chi connectivity index (χ0n) is 17.2. The molecule has 6 nitrogen and oxygen atoms in total. The summed E-state index contributed by atoms with van der Waals surface area (Å²) in [5, 5.41) is 13.9. The fourth-order valence-corrected chi connectivity index (χ4v) is 4.00. The van der Waals surface area contributed by atoms with E-state index in [1.165, 1.54) is 11.8 Å². The van der Waals surface area contributed by atoms with E-state index in [1.807, 2.05) is 60.3 Å². The molecule has 0 aliphatic carbocycles. The minimum Gasteiger partial charge on any atom is -0.550 e. The second-order valence-electron chi connectivity index (χ2n) is 6.83. The van der Waals surface area contributed by atoms with E-state index in [0.29, 0.717) is 21.3 Å². The largest absolute Gasteiger partial charge is 1.00 e. The summed E-state index contributed by atoms with van der Waals surface area (Å²) in [5.74, 6) is -1.32. The number of aliphatic imine (C=N–C) groups is 1. The van der Waals surface area contributed by atoms with Crippen LogP contribution in [0.25, 0.3) is 11.8 Å². The van der Waals surface area contributed by atoms with E-state index in [1.54, 1.807) is 24.3 Å². The molecule has 1 aromatic heterocycles. The molecule has 2 heterocycles. The molecule has 0 unspecified atom stereocenters. The number of aryl methyl sites for hydroxylation is 1. The number of thioether (sulfide) groups is 1. The number of nitrogens with zero attached hydrogens (tertiary/aromatic N) is 2. The molecule has 1 aliphatic rings. The Balaban J connectivity index is 0.00000272. The van der Waals surface area contributed by atoms with Gasteiger partial charge in [-0.2, -0.15) is 0 Å². The second-order valence-corrected chi connectivity index (χ2v) is 7.86. The Morgan fingerprint density at radius 3 is 2.52 bits per heavy atom. The van der Waals surface area contributed by atoms with E-state index in [4.69, 9.17) is 0 Å². The van der Waals surface area contributed by atoms with Crippen LogP contribution in [0, 0.1) is 6.92 Å². The molecule has 4 rings (SSSR count). The van der Waals surface area contributed by atoms with Crippen molar-refractivity contribution in [3.63, 3.8) is 0 Å². The van der Waals surface area contributed by atoms with E-state index in [9.17, 15) is 14.7 Å². The summed E-state index contributed by atoms with van der Waals surface area (Å²) in [6, 6.07) is 16.8. The third-order valence-corrected chi connectivity index (χ3v) is 5.48. The van der Waals surface area contributed by atoms with Gasteiger partial charge in [-0.3, -0.25) is 4.79 Å². The molecular weight excluding hydrogens is 421 g/mol. The topological polar surface area (TPSA) is 86.5 Å². The number of carbonyl (C=O) groups is 2. The quantitative estimate of drug-likeness (QED) is 0.447. The molecule has 31 heavy (non-hydrogen) atoms. The number of amides is 1. The van der Waals surface area contributed by atoms with Crippen molar-refractivity contribution in [2.75, 3.05) is 0 Å². The molecule has 0 saturated carbocycles. The summed E-state index contributed by atoms with van der Waals surface area (Å²) >= 11 is 1.27. The van der Waals surface area contributed by atoms with Crippen LogP contribution in [0.1, 0.15) is 16.7 Å². The van der Waals surface area contributed by atoms with Gasteiger partial charge in [0.2, 0.25) is 0 Å². The number of benzene rings is 2. The number of hydrogen-bond donors (Lipinski definition) is 1. The van der Waals surface area contributed by atoms with Crippen molar-refractivity contribution in [1.29, 1.82) is 0 Å². The normalized spacial score (nSPS) is 15.7. The predicted molar refractivity (Wildman–Crippen MR) is 116 cm³/mol. The average Bonchev–Trinajstić information content (AvgIpc) is 3.34. The molecule has 1 amide bonds. The Hall–Kier alpha value is -2.58. The molecule has 1 saturated heterocycles. The maximum Gasteiger partial charge on any atom is 1.00 e. The molecule has 0 bridgehead atoms. The summed E-state index contributed by atoms with van der Waals surface area (Å²) < 4.78 is 2.05. The number of carboxylic acid groups (broad SMARTS) is 1. The van der Waals surface area contributed by atoms with Gasteiger partial charge in [-0.15, -0.1) is 0 Å². The molecule has 150 valence electrons. The van der Waals surface area contributed by atoms with Gasteiger partial charge in [0.25, 0.3) is 5.91 Å². The monoisotopic (exact) mass is 439 g/mol. The number of carbonyl (C=O) groups excluding carboxylic acids is 2. The van der Waals surface area contributed by atoms with Gasteiger partial charge in [0.1, 0.15) is 0 Å². The number of amidine groups is 1. The zero-order valence-corrected chi connectivity index (χ0v) is 20.0. The Kier molecular flexibility index (Phi) is 7.56. The molecule has 0 spiro atoms. The SMILES string of the molecule is Cc1cc(C=C2SC(=Nc3ccc(CC(=O)[O-])cc3)NC2=O)ccc1-n1cccc1.[Na+]. The van der Waals surface area contributed by atoms with Gasteiger partial charge in [0, 0.05) is 30.5 Å². The second kappa shape index (κ2) is 10.2. The molecule has 2 aromatic carbocycles. The van der Waals surface area contributed by atoms with Crippen molar-refractivity contribution in [3.8, 4) is 5.69 Å². The Bertz CT molecular complexity index is 1170. The van der Waals surface area contributed by atoms with Crippen molar-refractivity contribution in [1.82, 2.24) is 9.88 Å². The minimum absolute atomic E-state index is 0. The fourth-order valence-electron chi connectivity index (χ4n) is 3.16. The predicted octanol–water partition coefficient (Wildman–Crippen LogP) is -0.0263. The van der Waals surface area contributed by atoms with E-state index < -0.39 is 5.97 Å². The third kappa shape index (κ3) is 5.77. The summed E-state index contributed by atoms with van der Waals surface area (Å²) in [6.45, 7) is 2.04. The minimum atomic E-state index is -1.13. The molecular formula is C23H18N3NaO3S. The number of carboxylic acids is 1. The Labute approximate surface area is 206 Å². The van der Waals surface area contributed by atoms with Crippen LogP contribution in [-0.4, -0.2) is 21.6 Å². The first-order chi connectivity index (χ1) is 14.5. The number of nitrogens with one attached hydrogen (secondary N) is 1. The van der Waals surface area contributed by atoms with Crippen molar-refractivity contribution in [2.24, 2.45) is 4.99 Å². The Morgan fingerprint density at radius 2 is 1.87 bits per heavy atom. The maximum atomic E-state index is 12.3. The first-order valence-electron chi connectivity index (χ1n) is 9.30. The van der Waals surface area contributed by atoms with Gasteiger partial charge in [-0.25, -0.2) is 4.99 Å². The van der Waals surface area contributed by atoms with Crippen LogP contribution in [-0.2, 0) is 16.0 Å². The maximum absolute atomic E-state index is 12.3. The van der Waals surface area contributed by atoms with Crippen molar-refractivity contribution in [2.45, 2.75) is 13.3 Å². The first-order valence-corrected chi connectivity index (χ1v) is 10.1. The number of rotatable bonds is 5. The van der Waals surface area contributed by atoms with Crippen molar-refractivity contribution >= 4 is 40.6 Å². The summed E-state index contributed by atoms with van der Waals surface area (Å²) in [6.07, 6.45) is 5.69. The number of aliphatic carboxylic acids is 1. The number of hydrogen-bond acceptors (Lipinski definition) is 5.